The van der Waals surface area contributed by atoms with Gasteiger partial charge in [-0.3, -0.25) is 9.69 Å². The van der Waals surface area contributed by atoms with E-state index in [4.69, 9.17) is 0 Å². The first-order valence-electron chi connectivity index (χ1n) is 12.8. The number of aryl methyl sites for hydroxylation is 2. The minimum Gasteiger partial charge on any atom is -0.369 e. The van der Waals surface area contributed by atoms with Gasteiger partial charge in [0.15, 0.2) is 5.82 Å². The van der Waals surface area contributed by atoms with Crippen molar-refractivity contribution in [1.29, 1.82) is 0 Å². The summed E-state index contributed by atoms with van der Waals surface area (Å²) >= 11 is 0. The van der Waals surface area contributed by atoms with Crippen LogP contribution in [0, 0.1) is 13.8 Å². The second-order valence-corrected chi connectivity index (χ2v) is 10.4. The van der Waals surface area contributed by atoms with E-state index in [1.807, 2.05) is 16.8 Å². The Morgan fingerprint density at radius 2 is 1.75 bits per heavy atom. The third-order valence-corrected chi connectivity index (χ3v) is 7.85. The number of piperazine rings is 1. The van der Waals surface area contributed by atoms with Gasteiger partial charge in [-0.15, -0.1) is 5.10 Å². The minimum atomic E-state index is -0.349. The van der Waals surface area contributed by atoms with Gasteiger partial charge in [0.2, 0.25) is 0 Å². The lowest BCUT2D eigenvalue weighted by Gasteiger charge is -2.40. The van der Waals surface area contributed by atoms with Crippen LogP contribution in [-0.2, 0) is 5.54 Å². The van der Waals surface area contributed by atoms with Crippen LogP contribution in [-0.4, -0.2) is 56.3 Å². The van der Waals surface area contributed by atoms with Crippen molar-refractivity contribution in [3.8, 4) is 0 Å². The molecule has 0 bridgehead atoms. The molecule has 0 saturated carbocycles. The maximum absolute atomic E-state index is 13.6. The topological polar surface area (TPSA) is 82.9 Å². The van der Waals surface area contributed by atoms with E-state index in [9.17, 15) is 4.79 Å². The molecule has 2 aromatic carbocycles. The van der Waals surface area contributed by atoms with Crippen molar-refractivity contribution in [2.45, 2.75) is 52.6 Å². The summed E-state index contributed by atoms with van der Waals surface area (Å²) in [5, 5.41) is 14.0. The number of aromatic nitrogens is 5. The zero-order chi connectivity index (χ0) is 25.4. The number of nitrogens with one attached hydrogen (secondary N) is 1. The third-order valence-electron chi connectivity index (χ3n) is 7.85. The molecule has 1 aliphatic rings. The predicted molar refractivity (Wildman–Crippen MR) is 144 cm³/mol. The van der Waals surface area contributed by atoms with Gasteiger partial charge in [-0.05, 0) is 79.3 Å². The molecular weight excluding hydrogens is 450 g/mol. The summed E-state index contributed by atoms with van der Waals surface area (Å²) in [6.07, 6.45) is 0.867. The fourth-order valence-electron chi connectivity index (χ4n) is 5.07. The van der Waals surface area contributed by atoms with Gasteiger partial charge < -0.3 is 9.88 Å². The highest BCUT2D eigenvalue weighted by atomic mass is 16.1. The molecule has 3 heterocycles. The Kier molecular flexibility index (Phi) is 6.38. The van der Waals surface area contributed by atoms with Crippen molar-refractivity contribution in [2.24, 2.45) is 0 Å². The van der Waals surface area contributed by atoms with Crippen molar-refractivity contribution >= 4 is 16.6 Å². The van der Waals surface area contributed by atoms with Gasteiger partial charge in [0.1, 0.15) is 6.04 Å². The SMILES string of the molecule is CCC(C)(C)n1nnnc1[C@@H](c1cc2ccc(C)c(C)c2[nH]c1=O)N1CCN(c2ccccc2)CC1. The molecule has 1 fully saturated rings. The number of rotatable bonds is 6. The number of pyridine rings is 1. The van der Waals surface area contributed by atoms with Gasteiger partial charge in [-0.1, -0.05) is 37.3 Å². The van der Waals surface area contributed by atoms with Gasteiger partial charge >= 0.3 is 0 Å². The second-order valence-electron chi connectivity index (χ2n) is 10.4. The molecule has 8 heteroatoms. The molecule has 2 aromatic heterocycles. The van der Waals surface area contributed by atoms with Gasteiger partial charge in [0, 0.05) is 37.4 Å². The lowest BCUT2D eigenvalue weighted by atomic mass is 9.97. The summed E-state index contributed by atoms with van der Waals surface area (Å²) < 4.78 is 1.91. The molecule has 0 aliphatic carbocycles. The number of aromatic amines is 1. The zero-order valence-electron chi connectivity index (χ0n) is 21.8. The third kappa shape index (κ3) is 4.30. The quantitative estimate of drug-likeness (QED) is 0.441. The number of H-pyrrole nitrogens is 1. The van der Waals surface area contributed by atoms with Crippen LogP contribution in [0.25, 0.3) is 10.9 Å². The number of hydrogen-bond acceptors (Lipinski definition) is 6. The average Bonchev–Trinajstić information content (AvgIpc) is 3.39. The lowest BCUT2D eigenvalue weighted by Crippen LogP contribution is -2.49. The first-order chi connectivity index (χ1) is 17.3. The molecule has 1 N–H and O–H groups in total. The molecule has 1 aliphatic heterocycles. The normalized spacial score (nSPS) is 16.0. The summed E-state index contributed by atoms with van der Waals surface area (Å²) in [4.78, 5) is 21.6. The van der Waals surface area contributed by atoms with Crippen LogP contribution >= 0.6 is 0 Å². The molecule has 8 nitrogen and oxygen atoms in total. The van der Waals surface area contributed by atoms with E-state index in [2.05, 4.69) is 101 Å². The van der Waals surface area contributed by atoms with Crippen molar-refractivity contribution in [1.82, 2.24) is 30.1 Å². The molecule has 1 atom stereocenters. The van der Waals surface area contributed by atoms with Crippen molar-refractivity contribution in [2.75, 3.05) is 31.1 Å². The Morgan fingerprint density at radius 1 is 1.03 bits per heavy atom. The van der Waals surface area contributed by atoms with Crippen molar-refractivity contribution in [3.05, 3.63) is 81.4 Å². The van der Waals surface area contributed by atoms with E-state index in [1.54, 1.807) is 0 Å². The van der Waals surface area contributed by atoms with Crippen LogP contribution < -0.4 is 10.5 Å². The number of benzene rings is 2. The molecule has 36 heavy (non-hydrogen) atoms. The van der Waals surface area contributed by atoms with Gasteiger partial charge in [-0.25, -0.2) is 4.68 Å². The van der Waals surface area contributed by atoms with Crippen LogP contribution in [0.15, 0.2) is 53.3 Å². The molecule has 0 amide bonds. The zero-order valence-corrected chi connectivity index (χ0v) is 21.8. The standard InChI is InChI=1S/C28H35N7O/c1-6-28(4,5)35-26(30-31-32-35)25(34-16-14-33(15-17-34)22-10-8-7-9-11-22)23-18-21-13-12-19(2)20(3)24(21)29-27(23)36/h7-13,18,25H,6,14-17H2,1-5H3,(H,29,36)/t25-/m1/s1. The van der Waals surface area contributed by atoms with Crippen LogP contribution in [0.1, 0.15) is 55.7 Å². The van der Waals surface area contributed by atoms with E-state index in [0.717, 1.165) is 54.6 Å². The Morgan fingerprint density at radius 3 is 2.44 bits per heavy atom. The fraction of sp³-hybridized carbons (Fsp3) is 0.429. The van der Waals surface area contributed by atoms with Gasteiger partial charge in [0.25, 0.3) is 5.56 Å². The summed E-state index contributed by atoms with van der Waals surface area (Å²) in [6, 6.07) is 16.4. The predicted octanol–water partition coefficient (Wildman–Crippen LogP) is 4.19. The Labute approximate surface area is 211 Å². The highest BCUT2D eigenvalue weighted by Crippen LogP contribution is 2.32. The molecular formula is C28H35N7O. The second kappa shape index (κ2) is 9.50. The minimum absolute atomic E-state index is 0.0875. The first kappa shape index (κ1) is 24.2. The monoisotopic (exact) mass is 485 g/mol. The van der Waals surface area contributed by atoms with Crippen LogP contribution in [0.2, 0.25) is 0 Å². The molecule has 1 saturated heterocycles. The molecule has 0 spiro atoms. The summed E-state index contributed by atoms with van der Waals surface area (Å²) in [5.41, 5.74) is 4.69. The molecule has 0 radical (unpaired) electrons. The van der Waals surface area contributed by atoms with E-state index in [1.165, 1.54) is 5.69 Å². The number of fused-ring (bicyclic) bond motifs is 1. The van der Waals surface area contributed by atoms with Crippen molar-refractivity contribution < 1.29 is 0 Å². The number of anilines is 1. The van der Waals surface area contributed by atoms with E-state index < -0.39 is 0 Å². The summed E-state index contributed by atoms with van der Waals surface area (Å²) in [7, 11) is 0. The first-order valence-corrected chi connectivity index (χ1v) is 12.8. The van der Waals surface area contributed by atoms with Crippen molar-refractivity contribution in [3.63, 3.8) is 0 Å². The van der Waals surface area contributed by atoms with E-state index in [0.29, 0.717) is 11.4 Å². The number of para-hydroxylation sites is 1. The number of tetrazole rings is 1. The van der Waals surface area contributed by atoms with E-state index >= 15 is 0 Å². The summed E-state index contributed by atoms with van der Waals surface area (Å²) in [6.45, 7) is 13.8. The maximum atomic E-state index is 13.6. The highest BCUT2D eigenvalue weighted by Gasteiger charge is 2.35. The van der Waals surface area contributed by atoms with Crippen LogP contribution in [0.4, 0.5) is 5.69 Å². The number of hydrogen-bond donors (Lipinski definition) is 1. The molecule has 4 aromatic rings. The summed E-state index contributed by atoms with van der Waals surface area (Å²) in [5.74, 6) is 0.712. The Balaban J connectivity index is 1.59. The highest BCUT2D eigenvalue weighted by molar-refractivity contribution is 5.83. The molecule has 188 valence electrons. The van der Waals surface area contributed by atoms with E-state index in [-0.39, 0.29) is 17.1 Å². The number of nitrogens with zero attached hydrogens (tertiary/aromatic N) is 6. The Bertz CT molecular complexity index is 1420. The molecule has 0 unspecified atom stereocenters. The lowest BCUT2D eigenvalue weighted by molar-refractivity contribution is 0.186. The van der Waals surface area contributed by atoms with Gasteiger partial charge in [0.05, 0.1) is 11.1 Å². The largest absolute Gasteiger partial charge is 0.369 e. The smallest absolute Gasteiger partial charge is 0.253 e. The maximum Gasteiger partial charge on any atom is 0.253 e. The van der Waals surface area contributed by atoms with Crippen LogP contribution in [0.5, 0.6) is 0 Å². The molecule has 5 rings (SSSR count). The van der Waals surface area contributed by atoms with Crippen LogP contribution in [0.3, 0.4) is 0 Å². The van der Waals surface area contributed by atoms with Gasteiger partial charge in [-0.2, -0.15) is 0 Å². The fourth-order valence-corrected chi connectivity index (χ4v) is 5.07. The average molecular weight is 486 g/mol. The Hall–Kier alpha value is -3.52.